The molecule has 3 unspecified atom stereocenters. The largest absolute Gasteiger partial charge is 0.489 e. The van der Waals surface area contributed by atoms with Gasteiger partial charge in [-0.25, -0.2) is 4.99 Å². The van der Waals surface area contributed by atoms with Gasteiger partial charge in [0, 0.05) is 29.4 Å². The van der Waals surface area contributed by atoms with Gasteiger partial charge < -0.3 is 10.5 Å². The van der Waals surface area contributed by atoms with Crippen molar-refractivity contribution in [3.05, 3.63) is 51.5 Å². The SMILES string of the molecule is CC.CN1C(=O)C2(CC(C3CCCC4=C3C=CCC4)Oc3ccc(Br)cc32)N=C1N. The molecule has 1 aromatic rings. The summed E-state index contributed by atoms with van der Waals surface area (Å²) in [5, 5.41) is 0. The molecule has 0 aromatic heterocycles. The van der Waals surface area contributed by atoms with E-state index in [2.05, 4.69) is 28.1 Å². The van der Waals surface area contributed by atoms with E-state index in [-0.39, 0.29) is 18.0 Å². The molecule has 2 aliphatic carbocycles. The van der Waals surface area contributed by atoms with Crippen LogP contribution in [0.1, 0.15) is 57.9 Å². The molecular weight excluding hydrogens is 442 g/mol. The molecule has 5 rings (SSSR count). The number of nitrogens with two attached hydrogens (primary N) is 1. The van der Waals surface area contributed by atoms with Crippen molar-refractivity contribution in [2.75, 3.05) is 7.05 Å². The molecule has 30 heavy (non-hydrogen) atoms. The second-order valence-corrected chi connectivity index (χ2v) is 9.11. The van der Waals surface area contributed by atoms with Gasteiger partial charge in [-0.3, -0.25) is 9.69 Å². The van der Waals surface area contributed by atoms with E-state index in [4.69, 9.17) is 15.5 Å². The molecule has 1 spiro atoms. The number of aliphatic imine (C=N–C) groups is 1. The molecule has 0 fully saturated rings. The standard InChI is InChI=1S/C22H24BrN3O2.C2H6/c1-26-20(27)22(25-21(26)24)12-19(28-18-10-9-14(23)11-17(18)22)16-8-4-6-13-5-2-3-7-15(13)16;1-2/h3,7,9-11,16,19H,2,4-6,8,12H2,1H3,(H2,24,25);1-2H3. The molecule has 4 aliphatic rings. The van der Waals surface area contributed by atoms with E-state index in [0.29, 0.717) is 12.3 Å². The Labute approximate surface area is 187 Å². The number of ether oxygens (including phenoxy) is 1. The summed E-state index contributed by atoms with van der Waals surface area (Å²) in [5.74, 6) is 1.25. The van der Waals surface area contributed by atoms with E-state index in [1.807, 2.05) is 32.0 Å². The van der Waals surface area contributed by atoms with Crippen LogP contribution in [0.25, 0.3) is 0 Å². The highest BCUT2D eigenvalue weighted by Gasteiger charge is 2.55. The summed E-state index contributed by atoms with van der Waals surface area (Å²) in [6, 6.07) is 5.85. The van der Waals surface area contributed by atoms with Crippen molar-refractivity contribution in [1.29, 1.82) is 0 Å². The Morgan fingerprint density at radius 3 is 2.83 bits per heavy atom. The fourth-order valence-electron chi connectivity index (χ4n) is 5.23. The van der Waals surface area contributed by atoms with Crippen LogP contribution in [0.2, 0.25) is 0 Å². The van der Waals surface area contributed by atoms with Crippen LogP contribution in [0, 0.1) is 5.92 Å². The number of hydrogen-bond acceptors (Lipinski definition) is 4. The van der Waals surface area contributed by atoms with E-state index < -0.39 is 5.54 Å². The Hall–Kier alpha value is -2.08. The zero-order chi connectivity index (χ0) is 21.5. The Kier molecular flexibility index (Phi) is 5.80. The molecular formula is C24H30BrN3O2. The van der Waals surface area contributed by atoms with Gasteiger partial charge in [-0.05, 0) is 55.9 Å². The van der Waals surface area contributed by atoms with Crippen LogP contribution in [0.3, 0.4) is 0 Å². The summed E-state index contributed by atoms with van der Waals surface area (Å²) in [6.45, 7) is 4.00. The summed E-state index contributed by atoms with van der Waals surface area (Å²) in [5.41, 5.74) is 8.89. The average Bonchev–Trinajstić information content (AvgIpc) is 2.99. The lowest BCUT2D eigenvalue weighted by atomic mass is 9.71. The second kappa shape index (κ2) is 8.22. The third kappa shape index (κ3) is 3.29. The van der Waals surface area contributed by atoms with E-state index in [1.165, 1.54) is 23.3 Å². The van der Waals surface area contributed by atoms with Crippen molar-refractivity contribution in [2.45, 2.75) is 64.0 Å². The van der Waals surface area contributed by atoms with Gasteiger partial charge in [-0.1, -0.05) is 47.5 Å². The third-order valence-electron chi connectivity index (χ3n) is 6.63. The van der Waals surface area contributed by atoms with Crippen molar-refractivity contribution in [1.82, 2.24) is 4.90 Å². The fraction of sp³-hybridized carbons (Fsp3) is 0.500. The molecule has 0 bridgehead atoms. The first-order chi connectivity index (χ1) is 14.5. The summed E-state index contributed by atoms with van der Waals surface area (Å²) in [4.78, 5) is 19.5. The lowest BCUT2D eigenvalue weighted by Gasteiger charge is -2.42. The van der Waals surface area contributed by atoms with Gasteiger partial charge >= 0.3 is 0 Å². The average molecular weight is 472 g/mol. The molecule has 2 N–H and O–H groups in total. The number of likely N-dealkylation sites (N-methyl/N-ethyl adjacent to an activating group) is 1. The number of benzene rings is 1. The normalized spacial score (nSPS) is 29.7. The van der Waals surface area contributed by atoms with Crippen LogP contribution >= 0.6 is 15.9 Å². The van der Waals surface area contributed by atoms with Crippen LogP contribution in [0.4, 0.5) is 0 Å². The first kappa shape index (κ1) is 21.2. The number of fused-ring (bicyclic) bond motifs is 2. The van der Waals surface area contributed by atoms with Crippen molar-refractivity contribution in [3.63, 3.8) is 0 Å². The van der Waals surface area contributed by atoms with E-state index in [0.717, 1.165) is 35.0 Å². The molecule has 160 valence electrons. The quantitative estimate of drug-likeness (QED) is 0.622. The highest BCUT2D eigenvalue weighted by Crippen LogP contribution is 2.50. The number of nitrogens with zero attached hydrogens (tertiary/aromatic N) is 2. The Morgan fingerprint density at radius 2 is 2.10 bits per heavy atom. The van der Waals surface area contributed by atoms with Crippen molar-refractivity contribution in [2.24, 2.45) is 16.6 Å². The van der Waals surface area contributed by atoms with Crippen LogP contribution < -0.4 is 10.5 Å². The number of carbonyl (C=O) groups is 1. The fourth-order valence-corrected chi connectivity index (χ4v) is 5.59. The van der Waals surface area contributed by atoms with Crippen LogP contribution in [-0.2, 0) is 10.3 Å². The molecule has 1 aromatic carbocycles. The van der Waals surface area contributed by atoms with Crippen molar-refractivity contribution < 1.29 is 9.53 Å². The maximum absolute atomic E-state index is 13.3. The number of halogens is 1. The first-order valence-corrected chi connectivity index (χ1v) is 11.8. The molecule has 5 nitrogen and oxygen atoms in total. The minimum absolute atomic E-state index is 0.0677. The van der Waals surface area contributed by atoms with Gasteiger partial charge in [0.1, 0.15) is 11.9 Å². The van der Waals surface area contributed by atoms with Gasteiger partial charge in [0.05, 0.1) is 0 Å². The second-order valence-electron chi connectivity index (χ2n) is 8.19. The number of hydrogen-bond donors (Lipinski definition) is 1. The number of rotatable bonds is 1. The Bertz CT molecular complexity index is 952. The number of guanidine groups is 1. The lowest BCUT2D eigenvalue weighted by molar-refractivity contribution is -0.132. The van der Waals surface area contributed by atoms with Gasteiger partial charge in [0.15, 0.2) is 11.5 Å². The summed E-state index contributed by atoms with van der Waals surface area (Å²) >= 11 is 3.53. The molecule has 1 amide bonds. The predicted molar refractivity (Wildman–Crippen MR) is 123 cm³/mol. The number of carbonyl (C=O) groups excluding carboxylic acids is 1. The Morgan fingerprint density at radius 1 is 1.30 bits per heavy atom. The zero-order valence-corrected chi connectivity index (χ0v) is 19.5. The van der Waals surface area contributed by atoms with Crippen molar-refractivity contribution >= 4 is 27.8 Å². The molecule has 0 radical (unpaired) electrons. The predicted octanol–water partition coefficient (Wildman–Crippen LogP) is 5.06. The topological polar surface area (TPSA) is 67.9 Å². The van der Waals surface area contributed by atoms with E-state index >= 15 is 0 Å². The lowest BCUT2D eigenvalue weighted by Crippen LogP contribution is -2.48. The van der Waals surface area contributed by atoms with Crippen molar-refractivity contribution in [3.8, 4) is 5.75 Å². The number of allylic oxidation sites excluding steroid dienone is 3. The summed E-state index contributed by atoms with van der Waals surface area (Å²) < 4.78 is 7.42. The van der Waals surface area contributed by atoms with Crippen LogP contribution in [-0.4, -0.2) is 29.9 Å². The summed E-state index contributed by atoms with van der Waals surface area (Å²) in [6.07, 6.45) is 10.7. The maximum Gasteiger partial charge on any atom is 0.261 e. The minimum Gasteiger partial charge on any atom is -0.489 e. The molecule has 2 aliphatic heterocycles. The molecule has 6 heteroatoms. The van der Waals surface area contributed by atoms with Crippen LogP contribution in [0.5, 0.6) is 5.75 Å². The highest BCUT2D eigenvalue weighted by atomic mass is 79.9. The van der Waals surface area contributed by atoms with Crippen LogP contribution in [0.15, 0.2) is 51.0 Å². The third-order valence-corrected chi connectivity index (χ3v) is 7.12. The molecule has 2 heterocycles. The maximum atomic E-state index is 13.3. The van der Waals surface area contributed by atoms with E-state index in [1.54, 1.807) is 12.6 Å². The zero-order valence-electron chi connectivity index (χ0n) is 18.0. The number of amides is 1. The van der Waals surface area contributed by atoms with Gasteiger partial charge in [0.25, 0.3) is 5.91 Å². The monoisotopic (exact) mass is 471 g/mol. The van der Waals surface area contributed by atoms with E-state index in [9.17, 15) is 4.79 Å². The van der Waals surface area contributed by atoms with Gasteiger partial charge in [-0.2, -0.15) is 0 Å². The highest BCUT2D eigenvalue weighted by molar-refractivity contribution is 9.10. The van der Waals surface area contributed by atoms with Gasteiger partial charge in [0.2, 0.25) is 0 Å². The van der Waals surface area contributed by atoms with Gasteiger partial charge in [-0.15, -0.1) is 0 Å². The molecule has 0 saturated heterocycles. The minimum atomic E-state index is -0.989. The molecule has 0 saturated carbocycles. The smallest absolute Gasteiger partial charge is 0.261 e. The first-order valence-electron chi connectivity index (χ1n) is 11.0. The summed E-state index contributed by atoms with van der Waals surface area (Å²) in [7, 11) is 1.70. The Balaban J connectivity index is 0.00000106. The molecule has 3 atom stereocenters.